The molecule has 0 spiro atoms. The number of carbonyl (C=O) groups is 1. The average Bonchev–Trinajstić information content (AvgIpc) is 2.95. The fraction of sp³-hybridized carbons (Fsp3) is 0.263. The van der Waals surface area contributed by atoms with Gasteiger partial charge >= 0.3 is 5.97 Å². The third-order valence-electron chi connectivity index (χ3n) is 3.97. The monoisotopic (exact) mass is 308 g/mol. The molecule has 3 aromatic rings. The number of carbonyl (C=O) groups excluding carboxylic acids is 1. The van der Waals surface area contributed by atoms with Crippen LogP contribution in [-0.2, 0) is 11.3 Å². The molecule has 2 aromatic carbocycles. The van der Waals surface area contributed by atoms with Gasteiger partial charge in [-0.15, -0.1) is 0 Å². The summed E-state index contributed by atoms with van der Waals surface area (Å²) in [6.45, 7) is 5.09. The predicted molar refractivity (Wildman–Crippen MR) is 90.7 cm³/mol. The quantitative estimate of drug-likeness (QED) is 0.684. The van der Waals surface area contributed by atoms with E-state index in [2.05, 4.69) is 43.2 Å². The summed E-state index contributed by atoms with van der Waals surface area (Å²) < 4.78 is 6.64. The Kier molecular flexibility index (Phi) is 4.15. The Bertz CT molecular complexity index is 832. The molecule has 4 nitrogen and oxygen atoms in total. The molecular formula is C19H20N2O2. The Hall–Kier alpha value is -2.62. The van der Waals surface area contributed by atoms with Crippen LogP contribution in [0.25, 0.3) is 10.9 Å². The van der Waals surface area contributed by atoms with Gasteiger partial charge in [-0.2, -0.15) is 5.10 Å². The van der Waals surface area contributed by atoms with Crippen LogP contribution >= 0.6 is 0 Å². The highest BCUT2D eigenvalue weighted by Gasteiger charge is 2.08. The highest BCUT2D eigenvalue weighted by molar-refractivity contribution is 5.94. The van der Waals surface area contributed by atoms with Crippen LogP contribution in [0.5, 0.6) is 0 Å². The number of nitrogens with zero attached hydrogens (tertiary/aromatic N) is 2. The van der Waals surface area contributed by atoms with Gasteiger partial charge < -0.3 is 4.74 Å². The number of fused-ring (bicyclic) bond motifs is 1. The Morgan fingerprint density at radius 3 is 2.57 bits per heavy atom. The summed E-state index contributed by atoms with van der Waals surface area (Å²) in [4.78, 5) is 11.6. The van der Waals surface area contributed by atoms with Crippen LogP contribution in [0, 0.1) is 0 Å². The number of benzene rings is 2. The molecule has 0 fully saturated rings. The molecule has 0 radical (unpaired) electrons. The summed E-state index contributed by atoms with van der Waals surface area (Å²) in [5, 5.41) is 5.56. The van der Waals surface area contributed by atoms with E-state index in [0.717, 1.165) is 10.9 Å². The molecule has 0 amide bonds. The first-order valence-electron chi connectivity index (χ1n) is 7.71. The third kappa shape index (κ3) is 3.26. The average molecular weight is 308 g/mol. The Balaban J connectivity index is 1.84. The lowest BCUT2D eigenvalue weighted by Crippen LogP contribution is -2.01. The zero-order valence-corrected chi connectivity index (χ0v) is 13.6. The van der Waals surface area contributed by atoms with Gasteiger partial charge in [-0.05, 0) is 29.2 Å². The SMILES string of the molecule is COC(=O)c1ccc2cn(Cc3ccc(C(C)C)cc3)nc2c1. The standard InChI is InChI=1S/C19H20N2O2/c1-13(2)15-6-4-14(5-7-15)11-21-12-17-9-8-16(19(22)23-3)10-18(17)20-21/h4-10,12-13H,11H2,1-3H3. The number of hydrogen-bond donors (Lipinski definition) is 0. The zero-order valence-electron chi connectivity index (χ0n) is 13.6. The molecule has 0 atom stereocenters. The first-order valence-corrected chi connectivity index (χ1v) is 7.71. The summed E-state index contributed by atoms with van der Waals surface area (Å²) in [7, 11) is 1.38. The van der Waals surface area contributed by atoms with Crippen molar-refractivity contribution in [1.29, 1.82) is 0 Å². The molecule has 3 rings (SSSR count). The number of rotatable bonds is 4. The summed E-state index contributed by atoms with van der Waals surface area (Å²) in [5.74, 6) is 0.193. The van der Waals surface area contributed by atoms with Crippen molar-refractivity contribution < 1.29 is 9.53 Å². The molecule has 4 heteroatoms. The molecule has 23 heavy (non-hydrogen) atoms. The number of aromatic nitrogens is 2. The molecule has 118 valence electrons. The van der Waals surface area contributed by atoms with Crippen molar-refractivity contribution in [2.75, 3.05) is 7.11 Å². The van der Waals surface area contributed by atoms with Crippen molar-refractivity contribution in [2.45, 2.75) is 26.3 Å². The fourth-order valence-corrected chi connectivity index (χ4v) is 2.59. The molecule has 1 heterocycles. The van der Waals surface area contributed by atoms with E-state index in [-0.39, 0.29) is 5.97 Å². The highest BCUT2D eigenvalue weighted by atomic mass is 16.5. The van der Waals surface area contributed by atoms with Crippen LogP contribution < -0.4 is 0 Å². The molecule has 1 aromatic heterocycles. The second-order valence-electron chi connectivity index (χ2n) is 5.99. The van der Waals surface area contributed by atoms with Gasteiger partial charge in [0.05, 0.1) is 24.7 Å². The van der Waals surface area contributed by atoms with Crippen molar-refractivity contribution in [3.8, 4) is 0 Å². The number of hydrogen-bond acceptors (Lipinski definition) is 3. The lowest BCUT2D eigenvalue weighted by molar-refractivity contribution is 0.0601. The molecule has 0 aliphatic carbocycles. The van der Waals surface area contributed by atoms with Crippen LogP contribution in [0.1, 0.15) is 41.3 Å². The number of methoxy groups -OCH3 is 1. The third-order valence-corrected chi connectivity index (χ3v) is 3.97. The smallest absolute Gasteiger partial charge is 0.337 e. The Morgan fingerprint density at radius 1 is 1.17 bits per heavy atom. The van der Waals surface area contributed by atoms with Gasteiger partial charge in [-0.3, -0.25) is 4.68 Å². The van der Waals surface area contributed by atoms with Gasteiger partial charge in [-0.25, -0.2) is 4.79 Å². The van der Waals surface area contributed by atoms with Crippen LogP contribution in [0.3, 0.4) is 0 Å². The molecule has 0 saturated heterocycles. The maximum absolute atomic E-state index is 11.6. The Labute approximate surface area is 135 Å². The predicted octanol–water partition coefficient (Wildman–Crippen LogP) is 3.99. The molecule has 0 aliphatic heterocycles. The minimum Gasteiger partial charge on any atom is -0.465 e. The van der Waals surface area contributed by atoms with Crippen LogP contribution in [0.2, 0.25) is 0 Å². The lowest BCUT2D eigenvalue weighted by Gasteiger charge is -2.07. The number of esters is 1. The second-order valence-corrected chi connectivity index (χ2v) is 5.99. The molecule has 0 unspecified atom stereocenters. The molecule has 0 aliphatic rings. The highest BCUT2D eigenvalue weighted by Crippen LogP contribution is 2.18. The van der Waals surface area contributed by atoms with Gasteiger partial charge in [0.15, 0.2) is 0 Å². The first-order chi connectivity index (χ1) is 11.1. The van der Waals surface area contributed by atoms with Gasteiger partial charge in [0, 0.05) is 11.6 Å². The van der Waals surface area contributed by atoms with E-state index in [0.29, 0.717) is 18.0 Å². The summed E-state index contributed by atoms with van der Waals surface area (Å²) >= 11 is 0. The minimum atomic E-state index is -0.342. The maximum atomic E-state index is 11.6. The molecular weight excluding hydrogens is 288 g/mol. The van der Waals surface area contributed by atoms with Crippen LogP contribution in [0.15, 0.2) is 48.7 Å². The molecule has 0 saturated carbocycles. The van der Waals surface area contributed by atoms with E-state index < -0.39 is 0 Å². The van der Waals surface area contributed by atoms with Crippen molar-refractivity contribution in [2.24, 2.45) is 0 Å². The van der Waals surface area contributed by atoms with Gasteiger partial charge in [0.1, 0.15) is 0 Å². The number of ether oxygens (including phenoxy) is 1. The second kappa shape index (κ2) is 6.24. The topological polar surface area (TPSA) is 44.1 Å². The van der Waals surface area contributed by atoms with E-state index >= 15 is 0 Å². The fourth-order valence-electron chi connectivity index (χ4n) is 2.59. The van der Waals surface area contributed by atoms with Crippen molar-refractivity contribution in [3.05, 3.63) is 65.4 Å². The minimum absolute atomic E-state index is 0.342. The lowest BCUT2D eigenvalue weighted by atomic mass is 10.0. The Morgan fingerprint density at radius 2 is 1.91 bits per heavy atom. The summed E-state index contributed by atoms with van der Waals surface area (Å²) in [6.07, 6.45) is 1.99. The van der Waals surface area contributed by atoms with Gasteiger partial charge in [0.25, 0.3) is 0 Å². The zero-order chi connectivity index (χ0) is 16.4. The summed E-state index contributed by atoms with van der Waals surface area (Å²) in [6, 6.07) is 14.0. The first kappa shape index (κ1) is 15.3. The van der Waals surface area contributed by atoms with E-state index in [1.54, 1.807) is 12.1 Å². The molecule has 0 N–H and O–H groups in total. The van der Waals surface area contributed by atoms with Crippen LogP contribution in [-0.4, -0.2) is 22.9 Å². The van der Waals surface area contributed by atoms with E-state index in [1.165, 1.54) is 18.2 Å². The van der Waals surface area contributed by atoms with Crippen molar-refractivity contribution in [1.82, 2.24) is 9.78 Å². The van der Waals surface area contributed by atoms with Gasteiger partial charge in [-0.1, -0.05) is 44.2 Å². The van der Waals surface area contributed by atoms with E-state index in [9.17, 15) is 4.79 Å². The van der Waals surface area contributed by atoms with E-state index in [4.69, 9.17) is 4.74 Å². The summed E-state index contributed by atoms with van der Waals surface area (Å²) in [5.41, 5.74) is 3.86. The van der Waals surface area contributed by atoms with Crippen LogP contribution in [0.4, 0.5) is 0 Å². The van der Waals surface area contributed by atoms with Crippen molar-refractivity contribution in [3.63, 3.8) is 0 Å². The molecule has 0 bridgehead atoms. The maximum Gasteiger partial charge on any atom is 0.337 e. The normalized spacial score (nSPS) is 11.1. The van der Waals surface area contributed by atoms with Gasteiger partial charge in [0.2, 0.25) is 0 Å². The van der Waals surface area contributed by atoms with Crippen molar-refractivity contribution >= 4 is 16.9 Å². The van der Waals surface area contributed by atoms with E-state index in [1.807, 2.05) is 16.9 Å². The largest absolute Gasteiger partial charge is 0.465 e.